The van der Waals surface area contributed by atoms with Crippen LogP contribution in [0.2, 0.25) is 0 Å². The van der Waals surface area contributed by atoms with Gasteiger partial charge in [0.05, 0.1) is 28.0 Å². The van der Waals surface area contributed by atoms with Crippen molar-refractivity contribution >= 4 is 39.2 Å². The number of nitrogens with one attached hydrogen (secondary N) is 3. The minimum Gasteiger partial charge on any atom is -0.305 e. The van der Waals surface area contributed by atoms with E-state index in [1.807, 2.05) is 6.07 Å². The Morgan fingerprint density at radius 1 is 1.10 bits per heavy atom. The first kappa shape index (κ1) is 18.8. The maximum Gasteiger partial charge on any atom is 0.419 e. The molecule has 0 saturated heterocycles. The number of fused-ring (bicyclic) bond motifs is 1. The van der Waals surface area contributed by atoms with E-state index in [0.29, 0.717) is 22.3 Å². The smallest absolute Gasteiger partial charge is 0.305 e. The van der Waals surface area contributed by atoms with Crippen LogP contribution in [-0.4, -0.2) is 26.2 Å². The van der Waals surface area contributed by atoms with Crippen molar-refractivity contribution in [1.82, 2.24) is 20.2 Å². The number of benzene rings is 1. The second-order valence-corrected chi connectivity index (χ2v) is 6.81. The number of urea groups is 1. The number of halogens is 4. The van der Waals surface area contributed by atoms with Crippen molar-refractivity contribution in [2.75, 3.05) is 10.6 Å². The zero-order valence-electron chi connectivity index (χ0n) is 14.2. The van der Waals surface area contributed by atoms with Crippen molar-refractivity contribution in [2.24, 2.45) is 0 Å². The van der Waals surface area contributed by atoms with Gasteiger partial charge in [0, 0.05) is 11.6 Å². The van der Waals surface area contributed by atoms with Crippen molar-refractivity contribution in [2.45, 2.75) is 6.18 Å². The van der Waals surface area contributed by atoms with Crippen LogP contribution < -0.4 is 10.6 Å². The van der Waals surface area contributed by atoms with E-state index in [-0.39, 0.29) is 5.13 Å². The number of amides is 2. The normalized spacial score (nSPS) is 11.6. The van der Waals surface area contributed by atoms with Crippen LogP contribution in [-0.2, 0) is 6.18 Å². The Labute approximate surface area is 163 Å². The van der Waals surface area contributed by atoms with Gasteiger partial charge in [0.1, 0.15) is 0 Å². The third-order valence-corrected chi connectivity index (χ3v) is 4.77. The molecule has 0 atom stereocenters. The fourth-order valence-corrected chi connectivity index (χ4v) is 3.29. The van der Waals surface area contributed by atoms with E-state index in [1.165, 1.54) is 6.20 Å². The molecule has 0 saturated carbocycles. The summed E-state index contributed by atoms with van der Waals surface area (Å²) in [7, 11) is 0. The summed E-state index contributed by atoms with van der Waals surface area (Å²) in [5, 5.41) is 12.0. The largest absolute Gasteiger partial charge is 0.419 e. The lowest BCUT2D eigenvalue weighted by atomic mass is 10.2. The summed E-state index contributed by atoms with van der Waals surface area (Å²) < 4.78 is 52.3. The van der Waals surface area contributed by atoms with Crippen LogP contribution in [0.1, 0.15) is 5.56 Å². The third kappa shape index (κ3) is 3.87. The van der Waals surface area contributed by atoms with Crippen molar-refractivity contribution < 1.29 is 22.4 Å². The Kier molecular flexibility index (Phi) is 4.62. The summed E-state index contributed by atoms with van der Waals surface area (Å²) in [5.41, 5.74) is -0.882. The van der Waals surface area contributed by atoms with E-state index < -0.39 is 29.3 Å². The molecule has 4 rings (SSSR count). The lowest BCUT2D eigenvalue weighted by Gasteiger charge is -2.12. The van der Waals surface area contributed by atoms with Gasteiger partial charge in [0.15, 0.2) is 16.6 Å². The third-order valence-electron chi connectivity index (χ3n) is 3.83. The monoisotopic (exact) mass is 422 g/mol. The number of aromatic nitrogens is 4. The molecule has 7 nitrogen and oxygen atoms in total. The van der Waals surface area contributed by atoms with Crippen LogP contribution in [0.25, 0.3) is 21.6 Å². The van der Waals surface area contributed by atoms with Gasteiger partial charge in [-0.1, -0.05) is 17.4 Å². The molecule has 148 valence electrons. The topological polar surface area (TPSA) is 95.6 Å². The van der Waals surface area contributed by atoms with Crippen LogP contribution in [0.3, 0.4) is 0 Å². The number of H-pyrrole nitrogens is 1. The number of nitrogens with zero attached hydrogens (tertiary/aromatic N) is 3. The van der Waals surface area contributed by atoms with E-state index in [4.69, 9.17) is 0 Å². The van der Waals surface area contributed by atoms with Crippen LogP contribution in [0.5, 0.6) is 0 Å². The van der Waals surface area contributed by atoms with Gasteiger partial charge in [-0.2, -0.15) is 18.3 Å². The fourth-order valence-electron chi connectivity index (χ4n) is 2.51. The van der Waals surface area contributed by atoms with Gasteiger partial charge in [-0.3, -0.25) is 10.4 Å². The SMILES string of the molecule is O=C(Nc1ncc(-c2ccc3cn[nH]c3n2)s1)Nc1cccc(C(F)(F)F)c1F. The summed E-state index contributed by atoms with van der Waals surface area (Å²) in [6, 6.07) is 5.27. The standard InChI is InChI=1S/C17H10F4N6OS/c18-13-9(17(19,20)21)2-1-3-11(13)25-15(28)26-16-22-7-12(29-16)10-5-4-8-6-23-27-14(8)24-10/h1-7H,(H,23,24,27)(H2,22,25,26,28). The highest BCUT2D eigenvalue weighted by atomic mass is 32.1. The first-order valence-corrected chi connectivity index (χ1v) is 8.83. The minimum atomic E-state index is -4.87. The number of carbonyl (C=O) groups excluding carboxylic acids is 1. The zero-order chi connectivity index (χ0) is 20.6. The molecule has 1 aromatic carbocycles. The Bertz CT molecular complexity index is 1200. The fraction of sp³-hybridized carbons (Fsp3) is 0.0588. The van der Waals surface area contributed by atoms with Gasteiger partial charge < -0.3 is 5.32 Å². The number of thiazole rings is 1. The van der Waals surface area contributed by atoms with Gasteiger partial charge in [0.25, 0.3) is 0 Å². The summed E-state index contributed by atoms with van der Waals surface area (Å²) >= 11 is 1.09. The molecule has 12 heteroatoms. The van der Waals surface area contributed by atoms with E-state index in [9.17, 15) is 22.4 Å². The van der Waals surface area contributed by atoms with Gasteiger partial charge in [-0.15, -0.1) is 0 Å². The van der Waals surface area contributed by atoms with E-state index >= 15 is 0 Å². The number of carbonyl (C=O) groups is 1. The Hall–Kier alpha value is -3.54. The number of anilines is 2. The Balaban J connectivity index is 1.49. The maximum atomic E-state index is 14.0. The van der Waals surface area contributed by atoms with Crippen molar-refractivity contribution in [3.05, 3.63) is 54.1 Å². The van der Waals surface area contributed by atoms with Crippen molar-refractivity contribution in [3.63, 3.8) is 0 Å². The molecule has 0 unspecified atom stereocenters. The van der Waals surface area contributed by atoms with Crippen molar-refractivity contribution in [3.8, 4) is 10.6 Å². The predicted octanol–water partition coefficient (Wildman–Crippen LogP) is 4.88. The molecule has 3 N–H and O–H groups in total. The highest BCUT2D eigenvalue weighted by Crippen LogP contribution is 2.34. The predicted molar refractivity (Wildman–Crippen MR) is 99.0 cm³/mol. The average Bonchev–Trinajstić information content (AvgIpc) is 3.31. The van der Waals surface area contributed by atoms with E-state index in [0.717, 1.165) is 28.9 Å². The molecule has 0 bridgehead atoms. The molecule has 0 aliphatic heterocycles. The molecular weight excluding hydrogens is 412 g/mol. The molecule has 0 spiro atoms. The van der Waals surface area contributed by atoms with Crippen molar-refractivity contribution in [1.29, 1.82) is 0 Å². The van der Waals surface area contributed by atoms with E-state index in [1.54, 1.807) is 12.3 Å². The number of alkyl halides is 3. The first-order valence-electron chi connectivity index (χ1n) is 8.01. The number of aromatic amines is 1. The molecule has 29 heavy (non-hydrogen) atoms. The average molecular weight is 422 g/mol. The first-order chi connectivity index (χ1) is 13.8. The van der Waals surface area contributed by atoms with Gasteiger partial charge in [-0.25, -0.2) is 19.2 Å². The Morgan fingerprint density at radius 3 is 2.72 bits per heavy atom. The summed E-state index contributed by atoms with van der Waals surface area (Å²) in [5.74, 6) is -1.56. The second kappa shape index (κ2) is 7.13. The molecule has 3 heterocycles. The maximum absolute atomic E-state index is 14.0. The zero-order valence-corrected chi connectivity index (χ0v) is 15.0. The van der Waals surface area contributed by atoms with Crippen LogP contribution >= 0.6 is 11.3 Å². The Morgan fingerprint density at radius 2 is 1.93 bits per heavy atom. The molecule has 4 aromatic rings. The highest BCUT2D eigenvalue weighted by molar-refractivity contribution is 7.19. The van der Waals surface area contributed by atoms with Gasteiger partial charge in [0.2, 0.25) is 0 Å². The van der Waals surface area contributed by atoms with Crippen LogP contribution in [0.15, 0.2) is 42.7 Å². The van der Waals surface area contributed by atoms with Gasteiger partial charge >= 0.3 is 12.2 Å². The summed E-state index contributed by atoms with van der Waals surface area (Å²) in [6.07, 6.45) is -1.76. The summed E-state index contributed by atoms with van der Waals surface area (Å²) in [4.78, 5) is 21.1. The molecule has 0 fully saturated rings. The number of rotatable bonds is 3. The van der Waals surface area contributed by atoms with Gasteiger partial charge in [-0.05, 0) is 24.3 Å². The molecule has 0 radical (unpaired) electrons. The van der Waals surface area contributed by atoms with Crippen LogP contribution in [0.4, 0.5) is 33.2 Å². The highest BCUT2D eigenvalue weighted by Gasteiger charge is 2.35. The number of hydrogen-bond donors (Lipinski definition) is 3. The second-order valence-electron chi connectivity index (χ2n) is 5.78. The minimum absolute atomic E-state index is 0.163. The van der Waals surface area contributed by atoms with Crippen LogP contribution in [0, 0.1) is 5.82 Å². The molecule has 3 aromatic heterocycles. The number of hydrogen-bond acceptors (Lipinski definition) is 5. The number of pyridine rings is 1. The molecule has 0 aliphatic carbocycles. The molecular formula is C17H10F4N6OS. The van der Waals surface area contributed by atoms with E-state index in [2.05, 4.69) is 30.8 Å². The lowest BCUT2D eigenvalue weighted by molar-refractivity contribution is -0.139. The summed E-state index contributed by atoms with van der Waals surface area (Å²) in [6.45, 7) is 0. The lowest BCUT2D eigenvalue weighted by Crippen LogP contribution is -2.21. The quantitative estimate of drug-likeness (QED) is 0.410. The molecule has 2 amide bonds. The molecule has 0 aliphatic rings.